The van der Waals surface area contributed by atoms with Crippen LogP contribution in [0.3, 0.4) is 0 Å². The fraction of sp³-hybridized carbons (Fsp3) is 0.421. The zero-order valence-electron chi connectivity index (χ0n) is 15.6. The highest BCUT2D eigenvalue weighted by Gasteiger charge is 2.36. The van der Waals surface area contributed by atoms with Gasteiger partial charge >= 0.3 is 6.18 Å². The number of alkyl halides is 3. The quantitative estimate of drug-likeness (QED) is 0.706. The van der Waals surface area contributed by atoms with E-state index in [1.165, 1.54) is 0 Å². The second-order valence-corrected chi connectivity index (χ2v) is 7.18. The molecule has 6 nitrogen and oxygen atoms in total. The lowest BCUT2D eigenvalue weighted by Gasteiger charge is -2.35. The van der Waals surface area contributed by atoms with Crippen LogP contribution < -0.4 is 10.2 Å². The summed E-state index contributed by atoms with van der Waals surface area (Å²) in [6.45, 7) is 4.62. The molecule has 0 radical (unpaired) electrons. The number of hydrogen-bond donors (Lipinski definition) is 2. The average molecular weight is 390 g/mol. The molecule has 1 aliphatic rings. The molecule has 0 aliphatic carbocycles. The lowest BCUT2D eigenvalue weighted by atomic mass is 10.0. The van der Waals surface area contributed by atoms with Gasteiger partial charge < -0.3 is 10.2 Å². The summed E-state index contributed by atoms with van der Waals surface area (Å²) in [6, 6.07) is 6.06. The Morgan fingerprint density at radius 3 is 2.82 bits per heavy atom. The van der Waals surface area contributed by atoms with Crippen molar-refractivity contribution in [1.29, 1.82) is 0 Å². The van der Waals surface area contributed by atoms with Crippen LogP contribution in [-0.4, -0.2) is 39.3 Å². The first-order valence-corrected chi connectivity index (χ1v) is 9.18. The molecular weight excluding hydrogens is 369 g/mol. The maximum atomic E-state index is 13.1. The topological polar surface area (TPSA) is 69.7 Å². The smallest absolute Gasteiger partial charge is 0.381 e. The number of fused-ring (bicyclic) bond motifs is 1. The van der Waals surface area contributed by atoms with Crippen LogP contribution in [0.1, 0.15) is 29.9 Å². The molecule has 0 amide bonds. The fourth-order valence-corrected chi connectivity index (χ4v) is 3.60. The molecule has 2 N–H and O–H groups in total. The highest BCUT2D eigenvalue weighted by molar-refractivity contribution is 5.81. The van der Waals surface area contributed by atoms with E-state index in [1.54, 1.807) is 20.0 Å². The molecule has 2 aromatic heterocycles. The number of aryl methyl sites for hydroxylation is 1. The van der Waals surface area contributed by atoms with Gasteiger partial charge in [-0.05, 0) is 44.9 Å². The van der Waals surface area contributed by atoms with E-state index in [0.717, 1.165) is 29.4 Å². The number of anilines is 2. The number of nitrogens with zero attached hydrogens (tertiary/aromatic N) is 4. The number of hydrogen-bond acceptors (Lipinski definition) is 5. The normalized spacial score (nSPS) is 17.9. The highest BCUT2D eigenvalue weighted by Crippen LogP contribution is 2.31. The van der Waals surface area contributed by atoms with Crippen molar-refractivity contribution in [2.45, 2.75) is 38.9 Å². The van der Waals surface area contributed by atoms with Crippen LogP contribution in [0.25, 0.3) is 10.9 Å². The van der Waals surface area contributed by atoms with Crippen molar-refractivity contribution in [3.8, 4) is 0 Å². The van der Waals surface area contributed by atoms with Gasteiger partial charge in [0, 0.05) is 41.5 Å². The lowest BCUT2D eigenvalue weighted by molar-refractivity contribution is -0.145. The van der Waals surface area contributed by atoms with E-state index in [-0.39, 0.29) is 6.04 Å². The van der Waals surface area contributed by atoms with Gasteiger partial charge in [0.25, 0.3) is 0 Å². The summed E-state index contributed by atoms with van der Waals surface area (Å²) in [5.74, 6) is -0.706. The van der Waals surface area contributed by atoms with Crippen LogP contribution in [0, 0.1) is 13.8 Å². The van der Waals surface area contributed by atoms with Crippen LogP contribution in [0.4, 0.5) is 24.7 Å². The molecule has 1 atom stereocenters. The van der Waals surface area contributed by atoms with Gasteiger partial charge in [-0.2, -0.15) is 18.3 Å². The zero-order chi connectivity index (χ0) is 19.9. The molecule has 1 aliphatic heterocycles. The van der Waals surface area contributed by atoms with E-state index in [4.69, 9.17) is 0 Å². The Kier molecular flexibility index (Phi) is 4.60. The Labute approximate surface area is 160 Å². The molecular formula is C19H21F3N6. The Bertz CT molecular complexity index is 997. The Morgan fingerprint density at radius 2 is 2.04 bits per heavy atom. The van der Waals surface area contributed by atoms with E-state index in [1.807, 2.05) is 23.1 Å². The first-order chi connectivity index (χ1) is 13.3. The minimum Gasteiger partial charge on any atom is -0.381 e. The van der Waals surface area contributed by atoms with Crippen molar-refractivity contribution in [3.05, 3.63) is 41.5 Å². The highest BCUT2D eigenvalue weighted by atomic mass is 19.4. The van der Waals surface area contributed by atoms with Gasteiger partial charge in [-0.1, -0.05) is 0 Å². The van der Waals surface area contributed by atoms with E-state index < -0.39 is 12.0 Å². The van der Waals surface area contributed by atoms with Crippen molar-refractivity contribution in [3.63, 3.8) is 0 Å². The summed E-state index contributed by atoms with van der Waals surface area (Å²) >= 11 is 0. The van der Waals surface area contributed by atoms with Crippen LogP contribution >= 0.6 is 0 Å². The molecule has 3 aromatic rings. The third-order valence-electron chi connectivity index (χ3n) is 5.15. The first kappa shape index (κ1) is 18.5. The molecule has 148 valence electrons. The molecule has 1 unspecified atom stereocenters. The zero-order valence-corrected chi connectivity index (χ0v) is 15.6. The van der Waals surface area contributed by atoms with Gasteiger partial charge in [-0.25, -0.2) is 9.97 Å². The van der Waals surface area contributed by atoms with E-state index in [0.29, 0.717) is 30.2 Å². The molecule has 1 aromatic carbocycles. The van der Waals surface area contributed by atoms with Gasteiger partial charge in [0.1, 0.15) is 5.82 Å². The van der Waals surface area contributed by atoms with Gasteiger partial charge in [-0.3, -0.25) is 5.10 Å². The minimum absolute atomic E-state index is 0.113. The van der Waals surface area contributed by atoms with Crippen LogP contribution in [0.15, 0.2) is 24.4 Å². The Balaban J connectivity index is 1.56. The lowest BCUT2D eigenvalue weighted by Crippen LogP contribution is -2.43. The monoisotopic (exact) mass is 390 g/mol. The summed E-state index contributed by atoms with van der Waals surface area (Å²) in [4.78, 5) is 9.40. The number of benzene rings is 1. The van der Waals surface area contributed by atoms with Gasteiger partial charge in [-0.15, -0.1) is 0 Å². The molecule has 4 rings (SSSR count). The molecule has 1 saturated heterocycles. The second kappa shape index (κ2) is 6.96. The summed E-state index contributed by atoms with van der Waals surface area (Å²) in [6.07, 6.45) is -0.981. The largest absolute Gasteiger partial charge is 0.451 e. The number of halogens is 3. The molecule has 1 fully saturated rings. The molecule has 28 heavy (non-hydrogen) atoms. The predicted octanol–water partition coefficient (Wildman–Crippen LogP) is 4.07. The van der Waals surface area contributed by atoms with Crippen molar-refractivity contribution < 1.29 is 13.2 Å². The van der Waals surface area contributed by atoms with E-state index in [2.05, 4.69) is 25.5 Å². The number of aromatic amines is 1. The Hall–Kier alpha value is -2.84. The van der Waals surface area contributed by atoms with Crippen molar-refractivity contribution >= 4 is 22.4 Å². The first-order valence-electron chi connectivity index (χ1n) is 9.18. The SMILES string of the molecule is Cc1nc(C(F)(F)F)nc(N2CCCC(Nc3ccc4[nH]ncc4c3)C2)c1C. The minimum atomic E-state index is -4.55. The molecule has 0 bridgehead atoms. The van der Waals surface area contributed by atoms with Crippen molar-refractivity contribution in [2.24, 2.45) is 0 Å². The van der Waals surface area contributed by atoms with Crippen molar-refractivity contribution in [2.75, 3.05) is 23.3 Å². The number of piperidine rings is 1. The fourth-order valence-electron chi connectivity index (χ4n) is 3.60. The van der Waals surface area contributed by atoms with Gasteiger partial charge in [0.15, 0.2) is 0 Å². The van der Waals surface area contributed by atoms with Crippen LogP contribution in [0.2, 0.25) is 0 Å². The summed E-state index contributed by atoms with van der Waals surface area (Å²) in [7, 11) is 0. The number of aromatic nitrogens is 4. The van der Waals surface area contributed by atoms with Crippen molar-refractivity contribution in [1.82, 2.24) is 20.2 Å². The van der Waals surface area contributed by atoms with Crippen LogP contribution in [0.5, 0.6) is 0 Å². The van der Waals surface area contributed by atoms with Gasteiger partial charge in [0.05, 0.1) is 11.7 Å². The van der Waals surface area contributed by atoms with Crippen LogP contribution in [-0.2, 0) is 6.18 Å². The van der Waals surface area contributed by atoms with Gasteiger partial charge in [0.2, 0.25) is 5.82 Å². The maximum Gasteiger partial charge on any atom is 0.451 e. The summed E-state index contributed by atoms with van der Waals surface area (Å²) < 4.78 is 39.4. The van der Waals surface area contributed by atoms with E-state index in [9.17, 15) is 13.2 Å². The van der Waals surface area contributed by atoms with E-state index >= 15 is 0 Å². The predicted molar refractivity (Wildman–Crippen MR) is 101 cm³/mol. The molecule has 9 heteroatoms. The summed E-state index contributed by atoms with van der Waals surface area (Å²) in [5, 5.41) is 11.4. The molecule has 0 spiro atoms. The maximum absolute atomic E-state index is 13.1. The number of H-pyrrole nitrogens is 1. The molecule has 3 heterocycles. The number of rotatable bonds is 3. The number of nitrogens with one attached hydrogen (secondary N) is 2. The third kappa shape index (κ3) is 3.61. The average Bonchev–Trinajstić information content (AvgIpc) is 3.11. The molecule has 0 saturated carbocycles. The Morgan fingerprint density at radius 1 is 1.21 bits per heavy atom. The third-order valence-corrected chi connectivity index (χ3v) is 5.15. The second-order valence-electron chi connectivity index (χ2n) is 7.18. The standard InChI is InChI=1S/C19H21F3N6/c1-11-12(2)24-18(19(20,21)22)26-17(11)28-7-3-4-15(10-28)25-14-5-6-16-13(8-14)9-23-27-16/h5-6,8-9,15,25H,3-4,7,10H2,1-2H3,(H,23,27). The summed E-state index contributed by atoms with van der Waals surface area (Å²) in [5.41, 5.74) is 2.97.